The Morgan fingerprint density at radius 2 is 2.18 bits per heavy atom. The molecule has 0 bridgehead atoms. The Morgan fingerprint density at radius 3 is 2.88 bits per heavy atom. The van der Waals surface area contributed by atoms with E-state index in [9.17, 15) is 4.39 Å². The van der Waals surface area contributed by atoms with Crippen molar-refractivity contribution in [3.05, 3.63) is 33.0 Å². The Balaban J connectivity index is 2.34. The second-order valence-electron chi connectivity index (χ2n) is 3.57. The van der Waals surface area contributed by atoms with Crippen LogP contribution in [0.4, 0.5) is 4.39 Å². The normalized spacial score (nSPS) is 10.8. The lowest BCUT2D eigenvalue weighted by Gasteiger charge is -2.07. The summed E-state index contributed by atoms with van der Waals surface area (Å²) in [5.74, 6) is -0.253. The van der Waals surface area contributed by atoms with Gasteiger partial charge >= 0.3 is 0 Å². The maximum atomic E-state index is 13.5. The van der Waals surface area contributed by atoms with Gasteiger partial charge in [0.1, 0.15) is 5.82 Å². The van der Waals surface area contributed by atoms with Crippen LogP contribution >= 0.6 is 27.5 Å². The molecule has 0 heterocycles. The van der Waals surface area contributed by atoms with Gasteiger partial charge in [-0.3, -0.25) is 0 Å². The molecule has 96 valence electrons. The van der Waals surface area contributed by atoms with Crippen LogP contribution in [-0.2, 0) is 11.2 Å². The Bertz CT molecular complexity index is 363. The monoisotopic (exact) mass is 323 g/mol. The van der Waals surface area contributed by atoms with E-state index in [0.717, 1.165) is 13.1 Å². The van der Waals surface area contributed by atoms with E-state index in [1.54, 1.807) is 6.07 Å². The molecular formula is C12H16BrClFNO. The predicted molar refractivity (Wildman–Crippen MR) is 72.2 cm³/mol. The fourth-order valence-electron chi connectivity index (χ4n) is 1.36. The minimum Gasteiger partial charge on any atom is -0.380 e. The fraction of sp³-hybridized carbons (Fsp3) is 0.500. The third-order valence-electron chi connectivity index (χ3n) is 2.28. The fourth-order valence-corrected chi connectivity index (χ4v) is 1.86. The van der Waals surface area contributed by atoms with E-state index in [4.69, 9.17) is 16.3 Å². The van der Waals surface area contributed by atoms with Crippen molar-refractivity contribution < 1.29 is 9.13 Å². The van der Waals surface area contributed by atoms with Gasteiger partial charge in [0.05, 0.1) is 18.2 Å². The topological polar surface area (TPSA) is 21.3 Å². The first-order chi connectivity index (χ1) is 8.15. The molecule has 0 aromatic heterocycles. The zero-order valence-corrected chi connectivity index (χ0v) is 12.1. The number of hydrogen-bond donors (Lipinski definition) is 1. The van der Waals surface area contributed by atoms with Gasteiger partial charge in [-0.1, -0.05) is 18.5 Å². The van der Waals surface area contributed by atoms with E-state index in [2.05, 4.69) is 21.2 Å². The number of likely N-dealkylation sites (N-methyl/N-ethyl adjacent to an activating group) is 1. The summed E-state index contributed by atoms with van der Waals surface area (Å²) in [4.78, 5) is 0. The smallest absolute Gasteiger partial charge is 0.127 e. The van der Waals surface area contributed by atoms with Gasteiger partial charge in [0, 0.05) is 11.0 Å². The molecule has 0 radical (unpaired) electrons. The van der Waals surface area contributed by atoms with Crippen molar-refractivity contribution in [2.75, 3.05) is 26.3 Å². The second-order valence-corrected chi connectivity index (χ2v) is 4.84. The van der Waals surface area contributed by atoms with E-state index < -0.39 is 0 Å². The molecule has 0 fully saturated rings. The van der Waals surface area contributed by atoms with Crippen molar-refractivity contribution in [3.63, 3.8) is 0 Å². The summed E-state index contributed by atoms with van der Waals surface area (Å²) in [6, 6.07) is 3.02. The van der Waals surface area contributed by atoms with E-state index >= 15 is 0 Å². The molecule has 0 saturated heterocycles. The minimum absolute atomic E-state index is 0.253. The zero-order valence-electron chi connectivity index (χ0n) is 9.73. The molecule has 1 N–H and O–H groups in total. The highest BCUT2D eigenvalue weighted by atomic mass is 79.9. The largest absolute Gasteiger partial charge is 0.380 e. The van der Waals surface area contributed by atoms with Gasteiger partial charge in [0.25, 0.3) is 0 Å². The van der Waals surface area contributed by atoms with Gasteiger partial charge in [-0.2, -0.15) is 0 Å². The van der Waals surface area contributed by atoms with Crippen LogP contribution < -0.4 is 5.32 Å². The third-order valence-corrected chi connectivity index (χ3v) is 3.48. The van der Waals surface area contributed by atoms with Crippen LogP contribution in [0, 0.1) is 5.82 Å². The molecule has 0 atom stereocenters. The molecular weight excluding hydrogens is 308 g/mol. The number of hydrogen-bond acceptors (Lipinski definition) is 2. The van der Waals surface area contributed by atoms with Crippen molar-refractivity contribution in [2.24, 2.45) is 0 Å². The number of benzene rings is 1. The van der Waals surface area contributed by atoms with Gasteiger partial charge in [-0.25, -0.2) is 4.39 Å². The first-order valence-electron chi connectivity index (χ1n) is 5.57. The Labute approximate surface area is 115 Å². The molecule has 0 unspecified atom stereocenters. The molecule has 0 spiro atoms. The van der Waals surface area contributed by atoms with Gasteiger partial charge in [0.15, 0.2) is 0 Å². The van der Waals surface area contributed by atoms with Crippen LogP contribution in [-0.4, -0.2) is 26.3 Å². The average Bonchev–Trinajstić information content (AvgIpc) is 2.30. The maximum absolute atomic E-state index is 13.5. The molecule has 1 aromatic carbocycles. The summed E-state index contributed by atoms with van der Waals surface area (Å²) in [5.41, 5.74) is 0.585. The van der Waals surface area contributed by atoms with E-state index in [1.165, 1.54) is 6.07 Å². The van der Waals surface area contributed by atoms with Crippen molar-refractivity contribution >= 4 is 27.5 Å². The molecule has 17 heavy (non-hydrogen) atoms. The summed E-state index contributed by atoms with van der Waals surface area (Å²) in [7, 11) is 0. The van der Waals surface area contributed by atoms with E-state index in [0.29, 0.717) is 34.7 Å². The number of nitrogens with one attached hydrogen (secondary N) is 1. The number of halogens is 3. The van der Waals surface area contributed by atoms with Crippen molar-refractivity contribution in [3.8, 4) is 0 Å². The van der Waals surface area contributed by atoms with Crippen LogP contribution in [0.3, 0.4) is 0 Å². The van der Waals surface area contributed by atoms with Gasteiger partial charge in [0.2, 0.25) is 0 Å². The molecule has 1 aromatic rings. The van der Waals surface area contributed by atoms with Crippen LogP contribution in [0.1, 0.15) is 12.5 Å². The first-order valence-corrected chi connectivity index (χ1v) is 6.74. The minimum atomic E-state index is -0.253. The standard InChI is InChI=1S/C12H16BrClFNO/c1-2-16-4-6-17-5-3-9-7-11(14)10(13)8-12(9)15/h7-8,16H,2-6H2,1H3. The van der Waals surface area contributed by atoms with Crippen LogP contribution in [0.5, 0.6) is 0 Å². The lowest BCUT2D eigenvalue weighted by molar-refractivity contribution is 0.139. The summed E-state index contributed by atoms with van der Waals surface area (Å²) < 4.78 is 19.5. The van der Waals surface area contributed by atoms with Gasteiger partial charge < -0.3 is 10.1 Å². The summed E-state index contributed by atoms with van der Waals surface area (Å²) in [5, 5.41) is 3.67. The Hall–Kier alpha value is -0.160. The highest BCUT2D eigenvalue weighted by Gasteiger charge is 2.06. The van der Waals surface area contributed by atoms with E-state index in [-0.39, 0.29) is 5.82 Å². The van der Waals surface area contributed by atoms with Crippen LogP contribution in [0.25, 0.3) is 0 Å². The SMILES string of the molecule is CCNCCOCCc1cc(Cl)c(Br)cc1F. The molecule has 0 aliphatic carbocycles. The van der Waals surface area contributed by atoms with Crippen molar-refractivity contribution in [1.29, 1.82) is 0 Å². The summed E-state index contributed by atoms with van der Waals surface area (Å²) in [6.07, 6.45) is 0.533. The highest BCUT2D eigenvalue weighted by Crippen LogP contribution is 2.25. The maximum Gasteiger partial charge on any atom is 0.127 e. The van der Waals surface area contributed by atoms with Gasteiger partial charge in [-0.05, 0) is 46.6 Å². The molecule has 0 saturated carbocycles. The lowest BCUT2D eigenvalue weighted by Crippen LogP contribution is -2.19. The van der Waals surface area contributed by atoms with Crippen LogP contribution in [0.15, 0.2) is 16.6 Å². The summed E-state index contributed by atoms with van der Waals surface area (Å²) in [6.45, 7) is 4.93. The molecule has 0 aliphatic rings. The van der Waals surface area contributed by atoms with E-state index in [1.807, 2.05) is 6.92 Å². The molecule has 0 aliphatic heterocycles. The highest BCUT2D eigenvalue weighted by molar-refractivity contribution is 9.10. The third kappa shape index (κ3) is 5.34. The van der Waals surface area contributed by atoms with Crippen molar-refractivity contribution in [1.82, 2.24) is 5.32 Å². The first kappa shape index (κ1) is 14.9. The molecule has 5 heteroatoms. The molecule has 1 rings (SSSR count). The summed E-state index contributed by atoms with van der Waals surface area (Å²) >= 11 is 9.08. The average molecular weight is 325 g/mol. The van der Waals surface area contributed by atoms with Gasteiger partial charge in [-0.15, -0.1) is 0 Å². The van der Waals surface area contributed by atoms with Crippen molar-refractivity contribution in [2.45, 2.75) is 13.3 Å². The molecule has 0 amide bonds. The number of rotatable bonds is 7. The second kappa shape index (κ2) is 8.03. The Kier molecular flexibility index (Phi) is 7.04. The predicted octanol–water partition coefficient (Wildman–Crippen LogP) is 3.41. The quantitative estimate of drug-likeness (QED) is 0.613. The Morgan fingerprint density at radius 1 is 1.41 bits per heavy atom. The molecule has 2 nitrogen and oxygen atoms in total. The number of ether oxygens (including phenoxy) is 1. The lowest BCUT2D eigenvalue weighted by atomic mass is 10.1. The zero-order chi connectivity index (χ0) is 12.7. The van der Waals surface area contributed by atoms with Crippen LogP contribution in [0.2, 0.25) is 5.02 Å².